The fourth-order valence-electron chi connectivity index (χ4n) is 3.10. The Hall–Kier alpha value is -2.55. The summed E-state index contributed by atoms with van der Waals surface area (Å²) in [6.07, 6.45) is 2.34. The Labute approximate surface area is 145 Å². The predicted molar refractivity (Wildman–Crippen MR) is 91.9 cm³/mol. The number of fused-ring (bicyclic) bond motifs is 2. The van der Waals surface area contributed by atoms with Crippen molar-refractivity contribution < 1.29 is 4.92 Å². The fraction of sp³-hybridized carbons (Fsp3) is 0.267. The van der Waals surface area contributed by atoms with Gasteiger partial charge in [-0.3, -0.25) is 10.1 Å². The van der Waals surface area contributed by atoms with E-state index in [9.17, 15) is 10.1 Å². The van der Waals surface area contributed by atoms with Crippen LogP contribution in [0.3, 0.4) is 0 Å². The molecule has 0 unspecified atom stereocenters. The van der Waals surface area contributed by atoms with Crippen LogP contribution in [0.15, 0.2) is 29.1 Å². The van der Waals surface area contributed by atoms with Crippen LogP contribution in [0, 0.1) is 10.1 Å². The predicted octanol–water partition coefficient (Wildman–Crippen LogP) is 2.60. The zero-order valence-corrected chi connectivity index (χ0v) is 14.4. The van der Waals surface area contributed by atoms with Crippen LogP contribution in [-0.2, 0) is 20.0 Å². The Morgan fingerprint density at radius 3 is 2.92 bits per heavy atom. The molecule has 1 aliphatic rings. The van der Waals surface area contributed by atoms with Crippen LogP contribution in [0.5, 0.6) is 0 Å². The lowest BCUT2D eigenvalue weighted by Crippen LogP contribution is -2.31. The molecule has 1 aliphatic heterocycles. The van der Waals surface area contributed by atoms with Gasteiger partial charge in [0.25, 0.3) is 5.69 Å². The van der Waals surface area contributed by atoms with Gasteiger partial charge in [0, 0.05) is 32.3 Å². The third kappa shape index (κ3) is 2.32. The van der Waals surface area contributed by atoms with Gasteiger partial charge in [-0.1, -0.05) is 6.07 Å². The highest BCUT2D eigenvalue weighted by Crippen LogP contribution is 2.33. The normalized spacial score (nSPS) is 14.0. The molecule has 3 aromatic rings. The molecule has 24 heavy (non-hydrogen) atoms. The maximum atomic E-state index is 11.0. The number of nitro benzene ring substituents is 1. The summed E-state index contributed by atoms with van der Waals surface area (Å²) in [7, 11) is 1.83. The fourth-order valence-corrected chi connectivity index (χ4v) is 3.70. The summed E-state index contributed by atoms with van der Waals surface area (Å²) < 4.78 is 2.40. The molecule has 9 heteroatoms. The molecule has 0 bridgehead atoms. The molecular formula is C15H13BrN6O2. The number of aryl methyl sites for hydroxylation is 1. The smallest absolute Gasteiger partial charge is 0.269 e. The first-order chi connectivity index (χ1) is 11.5. The van der Waals surface area contributed by atoms with E-state index in [1.54, 1.807) is 16.8 Å². The van der Waals surface area contributed by atoms with Gasteiger partial charge in [-0.05, 0) is 33.5 Å². The molecule has 0 atom stereocenters. The van der Waals surface area contributed by atoms with Gasteiger partial charge in [0.2, 0.25) is 0 Å². The minimum atomic E-state index is -0.361. The highest BCUT2D eigenvalue weighted by atomic mass is 79.9. The number of halogens is 1. The molecule has 0 amide bonds. The third-order valence-electron chi connectivity index (χ3n) is 4.27. The molecule has 0 saturated heterocycles. The van der Waals surface area contributed by atoms with Crippen molar-refractivity contribution in [2.24, 2.45) is 7.05 Å². The quantitative estimate of drug-likeness (QED) is 0.494. The van der Waals surface area contributed by atoms with Crippen molar-refractivity contribution in [2.75, 3.05) is 11.4 Å². The molecule has 0 N–H and O–H groups in total. The van der Waals surface area contributed by atoms with Gasteiger partial charge in [0.05, 0.1) is 10.3 Å². The van der Waals surface area contributed by atoms with E-state index in [-0.39, 0.29) is 10.6 Å². The maximum Gasteiger partial charge on any atom is 0.269 e. The third-order valence-corrected chi connectivity index (χ3v) is 4.83. The first kappa shape index (κ1) is 15.0. The van der Waals surface area contributed by atoms with Gasteiger partial charge in [0.1, 0.15) is 16.7 Å². The molecule has 0 fully saturated rings. The average Bonchev–Trinajstić information content (AvgIpc) is 2.88. The summed E-state index contributed by atoms with van der Waals surface area (Å²) >= 11 is 3.47. The van der Waals surface area contributed by atoms with Gasteiger partial charge < -0.3 is 4.90 Å². The van der Waals surface area contributed by atoms with Crippen LogP contribution in [0.2, 0.25) is 0 Å². The number of nitrogens with zero attached hydrogens (tertiary/aromatic N) is 6. The Kier molecular flexibility index (Phi) is 3.45. The molecule has 1 aromatic carbocycles. The van der Waals surface area contributed by atoms with Gasteiger partial charge >= 0.3 is 0 Å². The summed E-state index contributed by atoms with van der Waals surface area (Å²) in [4.78, 5) is 21.5. The van der Waals surface area contributed by atoms with E-state index in [0.29, 0.717) is 11.1 Å². The number of aromatic nitrogens is 4. The molecule has 122 valence electrons. The molecule has 0 radical (unpaired) electrons. The summed E-state index contributed by atoms with van der Waals surface area (Å²) in [5.74, 6) is 0.789. The van der Waals surface area contributed by atoms with Crippen LogP contribution in [-0.4, -0.2) is 31.2 Å². The molecule has 0 aliphatic carbocycles. The second-order valence-electron chi connectivity index (χ2n) is 5.69. The van der Waals surface area contributed by atoms with E-state index < -0.39 is 0 Å². The van der Waals surface area contributed by atoms with Crippen molar-refractivity contribution in [3.05, 3.63) is 50.4 Å². The number of hydrogen-bond donors (Lipinski definition) is 0. The second-order valence-corrected chi connectivity index (χ2v) is 6.44. The summed E-state index contributed by atoms with van der Waals surface area (Å²) in [5.41, 5.74) is 2.97. The van der Waals surface area contributed by atoms with E-state index in [1.165, 1.54) is 6.33 Å². The van der Waals surface area contributed by atoms with E-state index in [2.05, 4.69) is 35.9 Å². The largest absolute Gasteiger partial charge is 0.351 e. The first-order valence-electron chi connectivity index (χ1n) is 7.39. The second kappa shape index (κ2) is 5.52. The molecule has 8 nitrogen and oxygen atoms in total. The van der Waals surface area contributed by atoms with E-state index in [4.69, 9.17) is 0 Å². The Morgan fingerprint density at radius 1 is 1.29 bits per heavy atom. The lowest BCUT2D eigenvalue weighted by molar-refractivity contribution is -0.384. The van der Waals surface area contributed by atoms with Crippen LogP contribution in [0.4, 0.5) is 11.5 Å². The SMILES string of the molecule is Cn1nc(Br)c2c(N3CCc4ccc([N+](=O)[O-])cc4C3)ncnc21. The van der Waals surface area contributed by atoms with Crippen LogP contribution >= 0.6 is 15.9 Å². The van der Waals surface area contributed by atoms with Gasteiger partial charge in [0.15, 0.2) is 5.65 Å². The Balaban J connectivity index is 1.77. The average molecular weight is 389 g/mol. The monoisotopic (exact) mass is 388 g/mol. The molecule has 0 saturated carbocycles. The van der Waals surface area contributed by atoms with Crippen LogP contribution in [0.1, 0.15) is 11.1 Å². The summed E-state index contributed by atoms with van der Waals surface area (Å²) in [5, 5.41) is 16.2. The Morgan fingerprint density at radius 2 is 2.12 bits per heavy atom. The van der Waals surface area contributed by atoms with Crippen molar-refractivity contribution >= 4 is 38.5 Å². The van der Waals surface area contributed by atoms with Gasteiger partial charge in [-0.2, -0.15) is 5.10 Å². The zero-order chi connectivity index (χ0) is 16.8. The van der Waals surface area contributed by atoms with Gasteiger partial charge in [-0.25, -0.2) is 14.6 Å². The van der Waals surface area contributed by atoms with Crippen LogP contribution < -0.4 is 4.90 Å². The van der Waals surface area contributed by atoms with Crippen LogP contribution in [0.25, 0.3) is 11.0 Å². The van der Waals surface area contributed by atoms with Crippen molar-refractivity contribution in [2.45, 2.75) is 13.0 Å². The minimum absolute atomic E-state index is 0.117. The molecule has 0 spiro atoms. The lowest BCUT2D eigenvalue weighted by Gasteiger charge is -2.29. The maximum absolute atomic E-state index is 11.0. The summed E-state index contributed by atoms with van der Waals surface area (Å²) in [6, 6.07) is 5.06. The number of non-ortho nitro benzene ring substituents is 1. The number of benzene rings is 1. The van der Waals surface area contributed by atoms with Crippen molar-refractivity contribution in [1.82, 2.24) is 19.7 Å². The van der Waals surface area contributed by atoms with Crippen molar-refractivity contribution in [1.29, 1.82) is 0 Å². The lowest BCUT2D eigenvalue weighted by atomic mass is 9.99. The standard InChI is InChI=1S/C15H13BrN6O2/c1-20-14-12(13(16)19-20)15(18-8-17-14)21-5-4-9-2-3-11(22(23)24)6-10(9)7-21/h2-3,6,8H,4-5,7H2,1H3. The van der Waals surface area contributed by atoms with E-state index in [0.717, 1.165) is 40.9 Å². The summed E-state index contributed by atoms with van der Waals surface area (Å²) in [6.45, 7) is 1.36. The first-order valence-corrected chi connectivity index (χ1v) is 8.18. The topological polar surface area (TPSA) is 90.0 Å². The van der Waals surface area contributed by atoms with Crippen molar-refractivity contribution in [3.8, 4) is 0 Å². The number of anilines is 1. The molecule has 4 rings (SSSR count). The number of rotatable bonds is 2. The minimum Gasteiger partial charge on any atom is -0.351 e. The zero-order valence-electron chi connectivity index (χ0n) is 12.8. The Bertz CT molecular complexity index is 970. The van der Waals surface area contributed by atoms with E-state index >= 15 is 0 Å². The number of nitro groups is 1. The number of hydrogen-bond acceptors (Lipinski definition) is 6. The molecular weight excluding hydrogens is 376 g/mol. The van der Waals surface area contributed by atoms with E-state index in [1.807, 2.05) is 13.1 Å². The van der Waals surface area contributed by atoms with Crippen molar-refractivity contribution in [3.63, 3.8) is 0 Å². The van der Waals surface area contributed by atoms with Gasteiger partial charge in [-0.15, -0.1) is 0 Å². The molecule has 3 heterocycles. The highest BCUT2D eigenvalue weighted by Gasteiger charge is 2.23. The highest BCUT2D eigenvalue weighted by molar-refractivity contribution is 9.10. The molecule has 2 aromatic heterocycles.